The summed E-state index contributed by atoms with van der Waals surface area (Å²) in [7, 11) is 2.10. The lowest BCUT2D eigenvalue weighted by Gasteiger charge is -2.28. The van der Waals surface area contributed by atoms with Gasteiger partial charge in [0, 0.05) is 19.3 Å². The lowest BCUT2D eigenvalue weighted by molar-refractivity contribution is 0.233. The van der Waals surface area contributed by atoms with Gasteiger partial charge in [-0.05, 0) is 17.9 Å². The zero-order valence-corrected chi connectivity index (χ0v) is 12.1. The summed E-state index contributed by atoms with van der Waals surface area (Å²) in [5.74, 6) is 0. The zero-order valence-electron chi connectivity index (χ0n) is 12.1. The quantitative estimate of drug-likeness (QED) is 0.824. The van der Waals surface area contributed by atoms with Gasteiger partial charge in [0.05, 0.1) is 19.7 Å². The molecule has 1 heterocycles. The largest absolute Gasteiger partial charge is 0.394 e. The molecule has 1 unspecified atom stereocenters. The van der Waals surface area contributed by atoms with E-state index >= 15 is 0 Å². The molecule has 0 saturated carbocycles. The van der Waals surface area contributed by atoms with Crippen LogP contribution >= 0.6 is 0 Å². The van der Waals surface area contributed by atoms with Gasteiger partial charge in [-0.1, -0.05) is 31.2 Å². The van der Waals surface area contributed by atoms with Crippen LogP contribution in [0, 0.1) is 5.41 Å². The standard InChI is InChI=1S/C14H24N4O/c1-14(2)6-4-13(5-7-14)17(3)8-9-18-10-12(11-19)15-16-18/h4-6,12,19H,7-11H2,1-3H3. The van der Waals surface area contributed by atoms with Crippen molar-refractivity contribution in [3.05, 3.63) is 23.9 Å². The van der Waals surface area contributed by atoms with E-state index < -0.39 is 0 Å². The van der Waals surface area contributed by atoms with Gasteiger partial charge in [-0.2, -0.15) is 5.11 Å². The van der Waals surface area contributed by atoms with Gasteiger partial charge < -0.3 is 10.0 Å². The maximum atomic E-state index is 9.01. The van der Waals surface area contributed by atoms with E-state index in [-0.39, 0.29) is 18.1 Å². The molecule has 0 spiro atoms. The molecule has 1 N–H and O–H groups in total. The molecule has 0 amide bonds. The van der Waals surface area contributed by atoms with E-state index in [9.17, 15) is 0 Å². The van der Waals surface area contributed by atoms with Crippen molar-refractivity contribution in [1.82, 2.24) is 9.91 Å². The Labute approximate surface area is 115 Å². The third-order valence-electron chi connectivity index (χ3n) is 3.65. The fourth-order valence-electron chi connectivity index (χ4n) is 2.18. The van der Waals surface area contributed by atoms with Crippen LogP contribution in [0.2, 0.25) is 0 Å². The van der Waals surface area contributed by atoms with Crippen LogP contribution < -0.4 is 0 Å². The van der Waals surface area contributed by atoms with Crippen LogP contribution in [0.15, 0.2) is 34.3 Å². The first-order valence-corrected chi connectivity index (χ1v) is 6.87. The second-order valence-corrected chi connectivity index (χ2v) is 6.03. The first-order chi connectivity index (χ1) is 9.00. The molecule has 0 saturated heterocycles. The number of aliphatic hydroxyl groups is 1. The van der Waals surface area contributed by atoms with Crippen molar-refractivity contribution in [2.24, 2.45) is 15.8 Å². The van der Waals surface area contributed by atoms with Crippen molar-refractivity contribution in [2.75, 3.05) is 33.3 Å². The molecule has 0 aromatic heterocycles. The Hall–Kier alpha value is -1.36. The van der Waals surface area contributed by atoms with Crippen LogP contribution in [0.4, 0.5) is 0 Å². The van der Waals surface area contributed by atoms with Crippen molar-refractivity contribution < 1.29 is 5.11 Å². The minimum Gasteiger partial charge on any atom is -0.394 e. The molecule has 1 aliphatic carbocycles. The topological polar surface area (TPSA) is 51.4 Å². The molecule has 1 aliphatic heterocycles. The number of allylic oxidation sites excluding steroid dienone is 3. The second kappa shape index (κ2) is 5.74. The highest BCUT2D eigenvalue weighted by Crippen LogP contribution is 2.28. The molecule has 2 rings (SSSR count). The van der Waals surface area contributed by atoms with E-state index in [0.717, 1.165) is 26.1 Å². The molecular formula is C14H24N4O. The summed E-state index contributed by atoms with van der Waals surface area (Å²) in [4.78, 5) is 2.24. The van der Waals surface area contributed by atoms with Crippen molar-refractivity contribution in [2.45, 2.75) is 26.3 Å². The Morgan fingerprint density at radius 1 is 1.53 bits per heavy atom. The molecule has 5 nitrogen and oxygen atoms in total. The van der Waals surface area contributed by atoms with E-state index in [1.165, 1.54) is 5.70 Å². The van der Waals surface area contributed by atoms with Gasteiger partial charge in [0.1, 0.15) is 6.04 Å². The van der Waals surface area contributed by atoms with Gasteiger partial charge in [-0.3, -0.25) is 5.01 Å². The van der Waals surface area contributed by atoms with Gasteiger partial charge in [0.2, 0.25) is 0 Å². The number of nitrogens with zero attached hydrogens (tertiary/aromatic N) is 4. The molecule has 2 aliphatic rings. The van der Waals surface area contributed by atoms with Crippen LogP contribution in [0.1, 0.15) is 20.3 Å². The van der Waals surface area contributed by atoms with Gasteiger partial charge in [0.25, 0.3) is 0 Å². The summed E-state index contributed by atoms with van der Waals surface area (Å²) in [5, 5.41) is 19.0. The highest BCUT2D eigenvalue weighted by molar-refractivity contribution is 5.24. The fraction of sp³-hybridized carbons (Fsp3) is 0.714. The number of hydrogen-bond acceptors (Lipinski definition) is 5. The Bertz CT molecular complexity index is 400. The molecule has 19 heavy (non-hydrogen) atoms. The van der Waals surface area contributed by atoms with Crippen LogP contribution in [0.5, 0.6) is 0 Å². The van der Waals surface area contributed by atoms with Gasteiger partial charge in [-0.15, -0.1) is 0 Å². The van der Waals surface area contributed by atoms with E-state index in [4.69, 9.17) is 5.11 Å². The van der Waals surface area contributed by atoms with Crippen molar-refractivity contribution in [1.29, 1.82) is 0 Å². The SMILES string of the molecule is CN(CCN1CC(CO)N=N1)C1=CCC(C)(C)C=C1. The van der Waals surface area contributed by atoms with Gasteiger partial charge in [-0.25, -0.2) is 0 Å². The Kier molecular flexibility index (Phi) is 4.24. The monoisotopic (exact) mass is 264 g/mol. The molecule has 0 bridgehead atoms. The normalized spacial score (nSPS) is 24.7. The van der Waals surface area contributed by atoms with E-state index in [1.54, 1.807) is 0 Å². The number of hydrogen-bond donors (Lipinski definition) is 1. The molecule has 5 heteroatoms. The molecule has 106 valence electrons. The van der Waals surface area contributed by atoms with Crippen LogP contribution in [-0.4, -0.2) is 54.3 Å². The lowest BCUT2D eigenvalue weighted by Crippen LogP contribution is -2.31. The summed E-state index contributed by atoms with van der Waals surface area (Å²) in [6.45, 7) is 7.05. The molecular weight excluding hydrogens is 240 g/mol. The van der Waals surface area contributed by atoms with Crippen molar-refractivity contribution >= 4 is 0 Å². The van der Waals surface area contributed by atoms with Gasteiger partial charge >= 0.3 is 0 Å². The third-order valence-corrected chi connectivity index (χ3v) is 3.65. The third kappa shape index (κ3) is 3.80. The zero-order chi connectivity index (χ0) is 13.9. The first kappa shape index (κ1) is 14.1. The number of aliphatic hydroxyl groups excluding tert-OH is 1. The van der Waals surface area contributed by atoms with E-state index in [1.807, 2.05) is 5.01 Å². The maximum absolute atomic E-state index is 9.01. The van der Waals surface area contributed by atoms with Crippen LogP contribution in [0.3, 0.4) is 0 Å². The lowest BCUT2D eigenvalue weighted by atomic mass is 9.85. The fourth-order valence-corrected chi connectivity index (χ4v) is 2.18. The summed E-state index contributed by atoms with van der Waals surface area (Å²) < 4.78 is 0. The summed E-state index contributed by atoms with van der Waals surface area (Å²) in [5.41, 5.74) is 1.55. The summed E-state index contributed by atoms with van der Waals surface area (Å²) in [6.07, 6.45) is 7.85. The van der Waals surface area contributed by atoms with Crippen molar-refractivity contribution in [3.8, 4) is 0 Å². The van der Waals surface area contributed by atoms with E-state index in [2.05, 4.69) is 54.4 Å². The van der Waals surface area contributed by atoms with Crippen LogP contribution in [-0.2, 0) is 0 Å². The average Bonchev–Trinajstić information content (AvgIpc) is 2.84. The van der Waals surface area contributed by atoms with Gasteiger partial charge in [0.15, 0.2) is 0 Å². The minimum atomic E-state index is -0.0418. The first-order valence-electron chi connectivity index (χ1n) is 6.87. The summed E-state index contributed by atoms with van der Waals surface area (Å²) in [6, 6.07) is -0.0418. The van der Waals surface area contributed by atoms with Crippen molar-refractivity contribution in [3.63, 3.8) is 0 Å². The average molecular weight is 264 g/mol. The summed E-state index contributed by atoms with van der Waals surface area (Å²) >= 11 is 0. The molecule has 0 radical (unpaired) electrons. The molecule has 0 aromatic carbocycles. The molecule has 0 aromatic rings. The smallest absolute Gasteiger partial charge is 0.115 e. The second-order valence-electron chi connectivity index (χ2n) is 6.03. The minimum absolute atomic E-state index is 0.0418. The Morgan fingerprint density at radius 3 is 2.89 bits per heavy atom. The Balaban J connectivity index is 1.77. The highest BCUT2D eigenvalue weighted by atomic mass is 16.3. The predicted molar refractivity (Wildman–Crippen MR) is 75.6 cm³/mol. The number of rotatable bonds is 5. The maximum Gasteiger partial charge on any atom is 0.115 e. The predicted octanol–water partition coefficient (Wildman–Crippen LogP) is 1.83. The highest BCUT2D eigenvalue weighted by Gasteiger charge is 2.20. The van der Waals surface area contributed by atoms with Crippen LogP contribution in [0.25, 0.3) is 0 Å². The molecule has 0 fully saturated rings. The Morgan fingerprint density at radius 2 is 2.32 bits per heavy atom. The molecule has 1 atom stereocenters. The van der Waals surface area contributed by atoms with E-state index in [0.29, 0.717) is 0 Å². The number of likely N-dealkylation sites (N-methyl/N-ethyl adjacent to an activating group) is 1.